The molecule has 1 fully saturated rings. The highest BCUT2D eigenvalue weighted by Gasteiger charge is 2.24. The fourth-order valence-electron chi connectivity index (χ4n) is 3.56. The number of hydrogen-bond acceptors (Lipinski definition) is 6. The fourth-order valence-corrected chi connectivity index (χ4v) is 5.15. The molecule has 3 heterocycles. The first-order valence-corrected chi connectivity index (χ1v) is 11.8. The maximum absolute atomic E-state index is 12.7. The molecule has 10 heteroatoms. The van der Waals surface area contributed by atoms with Crippen molar-refractivity contribution in [1.82, 2.24) is 9.12 Å². The van der Waals surface area contributed by atoms with Crippen molar-refractivity contribution >= 4 is 33.1 Å². The molecule has 32 heavy (non-hydrogen) atoms. The predicted molar refractivity (Wildman–Crippen MR) is 117 cm³/mol. The van der Waals surface area contributed by atoms with E-state index in [0.717, 1.165) is 12.8 Å². The number of halogens is 1. The highest BCUT2D eigenvalue weighted by Crippen LogP contribution is 2.24. The molecule has 1 saturated heterocycles. The maximum atomic E-state index is 12.7. The lowest BCUT2D eigenvalue weighted by atomic mass is 10.2. The van der Waals surface area contributed by atoms with Gasteiger partial charge in [-0.1, -0.05) is 17.7 Å². The van der Waals surface area contributed by atoms with E-state index in [1.807, 2.05) is 12.1 Å². The van der Waals surface area contributed by atoms with Gasteiger partial charge in [-0.05, 0) is 43.2 Å². The summed E-state index contributed by atoms with van der Waals surface area (Å²) in [4.78, 5) is 12.4. The van der Waals surface area contributed by atoms with Gasteiger partial charge in [-0.3, -0.25) is 0 Å². The molecule has 1 aromatic carbocycles. The molecule has 1 N–H and O–H groups in total. The normalized spacial score (nSPS) is 16.2. The Balaban J connectivity index is 1.49. The van der Waals surface area contributed by atoms with Crippen molar-refractivity contribution in [3.8, 4) is 6.07 Å². The summed E-state index contributed by atoms with van der Waals surface area (Å²) < 4.78 is 40.5. The van der Waals surface area contributed by atoms with Crippen molar-refractivity contribution in [3.63, 3.8) is 0 Å². The van der Waals surface area contributed by atoms with Crippen LogP contribution < -0.4 is 4.72 Å². The van der Waals surface area contributed by atoms with E-state index < -0.39 is 16.0 Å². The van der Waals surface area contributed by atoms with Crippen LogP contribution in [0.25, 0.3) is 5.52 Å². The molecule has 1 aliphatic heterocycles. The molecule has 1 aliphatic rings. The molecule has 0 bridgehead atoms. The van der Waals surface area contributed by atoms with Crippen LogP contribution in [0, 0.1) is 11.3 Å². The van der Waals surface area contributed by atoms with Gasteiger partial charge in [-0.15, -0.1) is 0 Å². The van der Waals surface area contributed by atoms with E-state index in [2.05, 4.69) is 10.8 Å². The Kier molecular flexibility index (Phi) is 6.48. The molecule has 4 rings (SSSR count). The number of ether oxygens (including phenoxy) is 2. The van der Waals surface area contributed by atoms with Gasteiger partial charge in [0, 0.05) is 31.1 Å². The predicted octanol–water partition coefficient (Wildman–Crippen LogP) is 3.28. The Morgan fingerprint density at radius 1 is 1.34 bits per heavy atom. The number of hydrogen-bond donors (Lipinski definition) is 1. The maximum Gasteiger partial charge on any atom is 0.338 e. The molecule has 2 aromatic heterocycles. The molecule has 0 spiro atoms. The highest BCUT2D eigenvalue weighted by molar-refractivity contribution is 7.89. The molecule has 0 amide bonds. The van der Waals surface area contributed by atoms with Gasteiger partial charge in [0.15, 0.2) is 0 Å². The van der Waals surface area contributed by atoms with Gasteiger partial charge < -0.3 is 13.9 Å². The minimum atomic E-state index is -3.95. The Morgan fingerprint density at radius 3 is 2.94 bits per heavy atom. The van der Waals surface area contributed by atoms with Crippen LogP contribution in [0.3, 0.4) is 0 Å². The lowest BCUT2D eigenvalue weighted by molar-refractivity contribution is 0.0472. The zero-order valence-corrected chi connectivity index (χ0v) is 18.5. The molecule has 8 nitrogen and oxygen atoms in total. The Bertz CT molecular complexity index is 1310. The average molecular weight is 474 g/mol. The molecule has 1 unspecified atom stereocenters. The number of benzene rings is 1. The number of carbonyl (C=O) groups excluding carboxylic acids is 1. The van der Waals surface area contributed by atoms with Gasteiger partial charge in [0.05, 0.1) is 27.8 Å². The number of rotatable bonds is 7. The molecule has 166 valence electrons. The van der Waals surface area contributed by atoms with E-state index in [4.69, 9.17) is 21.1 Å². The van der Waals surface area contributed by atoms with E-state index in [1.165, 1.54) is 18.2 Å². The number of carbonyl (C=O) groups is 1. The number of nitrogens with zero attached hydrogens (tertiary/aromatic N) is 2. The first-order chi connectivity index (χ1) is 15.4. The van der Waals surface area contributed by atoms with Gasteiger partial charge in [-0.2, -0.15) is 5.26 Å². The van der Waals surface area contributed by atoms with Gasteiger partial charge in [0.1, 0.15) is 17.6 Å². The van der Waals surface area contributed by atoms with Crippen molar-refractivity contribution in [2.24, 2.45) is 0 Å². The van der Waals surface area contributed by atoms with Crippen LogP contribution >= 0.6 is 11.6 Å². The van der Waals surface area contributed by atoms with Crippen LogP contribution in [0.2, 0.25) is 5.02 Å². The fraction of sp³-hybridized carbons (Fsp3) is 0.273. The van der Waals surface area contributed by atoms with Crippen LogP contribution in [-0.4, -0.2) is 38.0 Å². The Morgan fingerprint density at radius 2 is 2.19 bits per heavy atom. The van der Waals surface area contributed by atoms with Gasteiger partial charge in [0.25, 0.3) is 0 Å². The number of nitriles is 1. The topological polar surface area (TPSA) is 110 Å². The van der Waals surface area contributed by atoms with Crippen molar-refractivity contribution in [1.29, 1.82) is 5.26 Å². The van der Waals surface area contributed by atoms with Crippen LogP contribution in [0.1, 0.15) is 34.3 Å². The molecular weight excluding hydrogens is 454 g/mol. The smallest absolute Gasteiger partial charge is 0.338 e. The van der Waals surface area contributed by atoms with Gasteiger partial charge in [0.2, 0.25) is 10.0 Å². The Hall–Kier alpha value is -2.90. The van der Waals surface area contributed by atoms with Crippen LogP contribution in [-0.2, 0) is 26.1 Å². The van der Waals surface area contributed by atoms with Crippen molar-refractivity contribution in [3.05, 3.63) is 70.5 Å². The van der Waals surface area contributed by atoms with Crippen molar-refractivity contribution in [2.45, 2.75) is 30.4 Å². The van der Waals surface area contributed by atoms with E-state index in [-0.39, 0.29) is 34.7 Å². The van der Waals surface area contributed by atoms with Crippen LogP contribution in [0.15, 0.2) is 53.7 Å². The molecule has 0 radical (unpaired) electrons. The van der Waals surface area contributed by atoms with Crippen molar-refractivity contribution < 1.29 is 22.7 Å². The van der Waals surface area contributed by atoms with E-state index >= 15 is 0 Å². The summed E-state index contributed by atoms with van der Waals surface area (Å²) in [7, 11) is -3.95. The van der Waals surface area contributed by atoms with Gasteiger partial charge >= 0.3 is 5.97 Å². The van der Waals surface area contributed by atoms with E-state index in [9.17, 15) is 18.5 Å². The second kappa shape index (κ2) is 9.30. The SMILES string of the molecule is N#Cc1c(COC(=O)c2ccc(Cl)c(S(=O)(=O)NCC3CCCO3)c2)cn2ccccc12. The summed E-state index contributed by atoms with van der Waals surface area (Å²) in [5.74, 6) is -0.726. The quantitative estimate of drug-likeness (QED) is 0.527. The number of nitrogens with one attached hydrogen (secondary N) is 1. The van der Waals surface area contributed by atoms with E-state index in [1.54, 1.807) is 22.9 Å². The highest BCUT2D eigenvalue weighted by atomic mass is 35.5. The zero-order valence-electron chi connectivity index (χ0n) is 17.0. The molecule has 0 saturated carbocycles. The van der Waals surface area contributed by atoms with Crippen molar-refractivity contribution in [2.75, 3.05) is 13.2 Å². The average Bonchev–Trinajstić information content (AvgIpc) is 3.43. The standard InChI is InChI=1S/C22H20ClN3O5S/c23-19-7-6-15(10-21(19)32(28,29)25-12-17-4-3-9-30-17)22(27)31-14-16-13-26-8-2-1-5-20(26)18(16)11-24/h1-2,5-8,10,13,17,25H,3-4,9,12,14H2. The monoisotopic (exact) mass is 473 g/mol. The molecule has 0 aliphatic carbocycles. The van der Waals surface area contributed by atoms with Crippen LogP contribution in [0.5, 0.6) is 0 Å². The summed E-state index contributed by atoms with van der Waals surface area (Å²) in [6, 6.07) is 11.5. The number of aromatic nitrogens is 1. The summed E-state index contributed by atoms with van der Waals surface area (Å²) >= 11 is 6.10. The van der Waals surface area contributed by atoms with E-state index in [0.29, 0.717) is 23.3 Å². The number of fused-ring (bicyclic) bond motifs is 1. The number of sulfonamides is 1. The zero-order chi connectivity index (χ0) is 22.7. The second-order valence-corrected chi connectivity index (χ2v) is 9.49. The summed E-state index contributed by atoms with van der Waals surface area (Å²) in [5, 5.41) is 9.46. The summed E-state index contributed by atoms with van der Waals surface area (Å²) in [6.07, 6.45) is 5.00. The molecule has 3 aromatic rings. The third kappa shape index (κ3) is 4.64. The largest absolute Gasteiger partial charge is 0.457 e. The third-order valence-electron chi connectivity index (χ3n) is 5.21. The summed E-state index contributed by atoms with van der Waals surface area (Å²) in [5.41, 5.74) is 1.70. The number of esters is 1. The Labute approximate surface area is 190 Å². The first-order valence-electron chi connectivity index (χ1n) is 9.95. The molecule has 1 atom stereocenters. The lowest BCUT2D eigenvalue weighted by Crippen LogP contribution is -2.32. The summed E-state index contributed by atoms with van der Waals surface area (Å²) in [6.45, 7) is 0.608. The minimum absolute atomic E-state index is 0.00755. The lowest BCUT2D eigenvalue weighted by Gasteiger charge is -2.13. The first kappa shape index (κ1) is 22.3. The third-order valence-corrected chi connectivity index (χ3v) is 7.12. The molecular formula is C22H20ClN3O5S. The number of pyridine rings is 1. The minimum Gasteiger partial charge on any atom is -0.457 e. The second-order valence-electron chi connectivity index (χ2n) is 7.34. The van der Waals surface area contributed by atoms with Crippen LogP contribution in [0.4, 0.5) is 0 Å². The van der Waals surface area contributed by atoms with Gasteiger partial charge in [-0.25, -0.2) is 17.9 Å².